The molecule has 1 aliphatic carbocycles. The summed E-state index contributed by atoms with van der Waals surface area (Å²) in [7, 11) is 0. The Bertz CT molecular complexity index is 550. The van der Waals surface area contributed by atoms with Crippen LogP contribution in [0.3, 0.4) is 0 Å². The predicted molar refractivity (Wildman–Crippen MR) is 75.3 cm³/mol. The van der Waals surface area contributed by atoms with Crippen LogP contribution in [0.1, 0.15) is 18.6 Å². The highest BCUT2D eigenvalue weighted by Crippen LogP contribution is 2.27. The third-order valence-corrected chi connectivity index (χ3v) is 3.34. The van der Waals surface area contributed by atoms with Gasteiger partial charge in [0.1, 0.15) is 5.76 Å². The van der Waals surface area contributed by atoms with Gasteiger partial charge in [-0.2, -0.15) is 0 Å². The number of anilines is 1. The maximum atomic E-state index is 12.3. The normalized spacial score (nSPS) is 14.0. The molecular weight excluding hydrogens is 254 g/mol. The third-order valence-electron chi connectivity index (χ3n) is 3.34. The highest BCUT2D eigenvalue weighted by Gasteiger charge is 2.24. The highest BCUT2D eigenvalue weighted by atomic mass is 16.3. The number of carbonyl (C=O) groups excluding carboxylic acids is 1. The largest absolute Gasteiger partial charge is 0.467 e. The zero-order chi connectivity index (χ0) is 13.8. The molecule has 1 fully saturated rings. The van der Waals surface area contributed by atoms with E-state index in [1.54, 1.807) is 23.6 Å². The number of hydrogen-bond donors (Lipinski definition) is 1. The van der Waals surface area contributed by atoms with Crippen molar-refractivity contribution in [3.63, 3.8) is 0 Å². The smallest absolute Gasteiger partial charge is 0.322 e. The van der Waals surface area contributed by atoms with Crippen molar-refractivity contribution < 1.29 is 9.21 Å². The van der Waals surface area contributed by atoms with Gasteiger partial charge in [0.25, 0.3) is 0 Å². The number of aromatic nitrogens is 1. The summed E-state index contributed by atoms with van der Waals surface area (Å²) in [5, 5.41) is 2.97. The van der Waals surface area contributed by atoms with E-state index in [1.807, 2.05) is 24.3 Å². The Labute approximate surface area is 117 Å². The molecule has 2 heterocycles. The molecule has 0 radical (unpaired) electrons. The van der Waals surface area contributed by atoms with Crippen LogP contribution in [0.4, 0.5) is 10.5 Å². The van der Waals surface area contributed by atoms with Crippen molar-refractivity contribution in [1.29, 1.82) is 0 Å². The molecule has 20 heavy (non-hydrogen) atoms. The lowest BCUT2D eigenvalue weighted by Gasteiger charge is -2.21. The van der Waals surface area contributed by atoms with Crippen LogP contribution in [0.2, 0.25) is 0 Å². The number of amides is 2. The van der Waals surface area contributed by atoms with E-state index in [0.717, 1.165) is 18.0 Å². The molecule has 0 saturated heterocycles. The molecule has 1 saturated carbocycles. The average molecular weight is 271 g/mol. The Kier molecular flexibility index (Phi) is 3.67. The lowest BCUT2D eigenvalue weighted by Crippen LogP contribution is -2.40. The highest BCUT2D eigenvalue weighted by molar-refractivity contribution is 5.91. The summed E-state index contributed by atoms with van der Waals surface area (Å²) < 4.78 is 5.33. The molecule has 5 nitrogen and oxygen atoms in total. The molecule has 104 valence electrons. The van der Waals surface area contributed by atoms with Crippen LogP contribution in [-0.2, 0) is 6.54 Å². The molecule has 0 unspecified atom stereocenters. The first-order valence-electron chi connectivity index (χ1n) is 6.81. The fourth-order valence-electron chi connectivity index (χ4n) is 2.00. The fourth-order valence-corrected chi connectivity index (χ4v) is 2.00. The van der Waals surface area contributed by atoms with Crippen LogP contribution in [-0.4, -0.2) is 17.6 Å². The fraction of sp³-hybridized carbons (Fsp3) is 0.333. The number of nitrogens with one attached hydrogen (secondary N) is 1. The van der Waals surface area contributed by atoms with Gasteiger partial charge in [-0.1, -0.05) is 0 Å². The Morgan fingerprint density at radius 2 is 2.30 bits per heavy atom. The molecule has 1 aliphatic rings. The van der Waals surface area contributed by atoms with Gasteiger partial charge in [0.2, 0.25) is 0 Å². The summed E-state index contributed by atoms with van der Waals surface area (Å²) in [4.78, 5) is 18.1. The van der Waals surface area contributed by atoms with Gasteiger partial charge in [-0.15, -0.1) is 0 Å². The Morgan fingerprint density at radius 1 is 1.40 bits per heavy atom. The second-order valence-electron chi connectivity index (χ2n) is 5.01. The first-order valence-corrected chi connectivity index (χ1v) is 6.81. The summed E-state index contributed by atoms with van der Waals surface area (Å²) in [6.45, 7) is 1.14. The lowest BCUT2D eigenvalue weighted by molar-refractivity contribution is 0.245. The Hall–Kier alpha value is -2.30. The van der Waals surface area contributed by atoms with Crippen molar-refractivity contribution >= 4 is 11.7 Å². The van der Waals surface area contributed by atoms with Crippen LogP contribution in [0.15, 0.2) is 47.3 Å². The summed E-state index contributed by atoms with van der Waals surface area (Å²) in [5.41, 5.74) is 0.761. The molecule has 2 aromatic heterocycles. The average Bonchev–Trinajstić information content (AvgIpc) is 3.18. The van der Waals surface area contributed by atoms with Gasteiger partial charge >= 0.3 is 6.03 Å². The van der Waals surface area contributed by atoms with E-state index in [-0.39, 0.29) is 6.03 Å². The second-order valence-corrected chi connectivity index (χ2v) is 5.01. The van der Waals surface area contributed by atoms with Crippen LogP contribution >= 0.6 is 0 Å². The molecule has 0 spiro atoms. The van der Waals surface area contributed by atoms with Gasteiger partial charge < -0.3 is 9.73 Å². The first kappa shape index (κ1) is 12.7. The molecule has 2 amide bonds. The molecule has 3 rings (SSSR count). The van der Waals surface area contributed by atoms with Gasteiger partial charge in [-0.25, -0.2) is 4.79 Å². The quantitative estimate of drug-likeness (QED) is 0.909. The molecule has 0 aliphatic heterocycles. The van der Waals surface area contributed by atoms with E-state index in [4.69, 9.17) is 4.42 Å². The van der Waals surface area contributed by atoms with Crippen molar-refractivity contribution in [2.24, 2.45) is 5.92 Å². The van der Waals surface area contributed by atoms with E-state index >= 15 is 0 Å². The molecule has 5 heteroatoms. The Morgan fingerprint density at radius 3 is 2.95 bits per heavy atom. The van der Waals surface area contributed by atoms with Crippen molar-refractivity contribution in [1.82, 2.24) is 10.3 Å². The van der Waals surface area contributed by atoms with E-state index in [0.29, 0.717) is 12.5 Å². The maximum Gasteiger partial charge on any atom is 0.322 e. The van der Waals surface area contributed by atoms with E-state index in [1.165, 1.54) is 12.8 Å². The van der Waals surface area contributed by atoms with Gasteiger partial charge in [0, 0.05) is 12.7 Å². The summed E-state index contributed by atoms with van der Waals surface area (Å²) in [5.74, 6) is 1.40. The monoisotopic (exact) mass is 271 g/mol. The number of pyridine rings is 1. The molecular formula is C15H17N3O2. The first-order chi connectivity index (χ1) is 9.83. The molecule has 0 bridgehead atoms. The predicted octanol–water partition coefficient (Wildman–Crippen LogP) is 2.80. The Balaban J connectivity index is 1.73. The minimum Gasteiger partial charge on any atom is -0.467 e. The number of carbonyl (C=O) groups is 1. The summed E-state index contributed by atoms with van der Waals surface area (Å²) in [6, 6.07) is 7.25. The van der Waals surface area contributed by atoms with Crippen molar-refractivity contribution in [2.45, 2.75) is 19.4 Å². The summed E-state index contributed by atoms with van der Waals surface area (Å²) >= 11 is 0. The third kappa shape index (κ3) is 3.17. The molecule has 2 aromatic rings. The van der Waals surface area contributed by atoms with E-state index < -0.39 is 0 Å². The van der Waals surface area contributed by atoms with Crippen molar-refractivity contribution in [2.75, 3.05) is 11.4 Å². The summed E-state index contributed by atoms with van der Waals surface area (Å²) in [6.07, 6.45) is 7.41. The van der Waals surface area contributed by atoms with E-state index in [2.05, 4.69) is 10.3 Å². The minimum absolute atomic E-state index is 0.110. The molecule has 1 N–H and O–H groups in total. The topological polar surface area (TPSA) is 58.4 Å². The molecule has 0 aromatic carbocycles. The van der Waals surface area contributed by atoms with Gasteiger partial charge in [0.05, 0.1) is 24.7 Å². The number of nitrogens with zero attached hydrogens (tertiary/aromatic N) is 2. The van der Waals surface area contributed by atoms with Crippen LogP contribution in [0.25, 0.3) is 0 Å². The van der Waals surface area contributed by atoms with Crippen molar-refractivity contribution in [3.05, 3.63) is 48.7 Å². The van der Waals surface area contributed by atoms with Crippen LogP contribution in [0, 0.1) is 5.92 Å². The standard InChI is InChI=1S/C15H17N3O2/c19-15(17-9-12-5-6-12)18(11-14-4-2-8-20-14)13-3-1-7-16-10-13/h1-4,7-8,10,12H,5-6,9,11H2,(H,17,19). The number of rotatable bonds is 5. The second kappa shape index (κ2) is 5.77. The van der Waals surface area contributed by atoms with Crippen LogP contribution < -0.4 is 10.2 Å². The zero-order valence-electron chi connectivity index (χ0n) is 11.2. The van der Waals surface area contributed by atoms with Crippen molar-refractivity contribution in [3.8, 4) is 0 Å². The van der Waals surface area contributed by atoms with E-state index in [9.17, 15) is 4.79 Å². The number of hydrogen-bond acceptors (Lipinski definition) is 3. The van der Waals surface area contributed by atoms with Crippen LogP contribution in [0.5, 0.6) is 0 Å². The SMILES string of the molecule is O=C(NCC1CC1)N(Cc1ccco1)c1cccnc1. The van der Waals surface area contributed by atoms with Gasteiger partial charge in [-0.05, 0) is 43.0 Å². The number of urea groups is 1. The minimum atomic E-state index is -0.110. The maximum absolute atomic E-state index is 12.3. The van der Waals surface area contributed by atoms with Gasteiger partial charge in [0.15, 0.2) is 0 Å². The lowest BCUT2D eigenvalue weighted by atomic mass is 10.3. The molecule has 0 atom stereocenters. The van der Waals surface area contributed by atoms with Gasteiger partial charge in [-0.3, -0.25) is 9.88 Å². The zero-order valence-corrected chi connectivity index (χ0v) is 11.2. The number of furan rings is 1.